The van der Waals surface area contributed by atoms with E-state index in [4.69, 9.17) is 36.0 Å². The number of carbonyl (C=O) groups is 4. The van der Waals surface area contributed by atoms with Crippen LogP contribution < -0.4 is 31.6 Å². The quantitative estimate of drug-likeness (QED) is 0.0331. The van der Waals surface area contributed by atoms with Gasteiger partial charge in [-0.25, -0.2) is 9.97 Å². The maximum absolute atomic E-state index is 14.5. The van der Waals surface area contributed by atoms with E-state index in [1.54, 1.807) is 46.7 Å². The summed E-state index contributed by atoms with van der Waals surface area (Å²) in [5.74, 6) is -0.205. The molecule has 20 nitrogen and oxygen atoms in total. The SMILES string of the molecule is CCn1nc(C)c(CCCCCn2nc(C)cc2C=O)c1C(=O)Nc1nc2cc(C(N)=O)cc(OCCCO)c2n1CCCCn1c(NC)nc2cc(C(N)=O)cc(OCCCO)c21. The highest BCUT2D eigenvalue weighted by atomic mass is 16.5. The summed E-state index contributed by atoms with van der Waals surface area (Å²) in [6.07, 6.45) is 5.72. The van der Waals surface area contributed by atoms with Crippen molar-refractivity contribution in [2.45, 2.75) is 98.3 Å². The van der Waals surface area contributed by atoms with Crippen molar-refractivity contribution in [1.82, 2.24) is 38.7 Å². The maximum Gasteiger partial charge on any atom is 0.276 e. The summed E-state index contributed by atoms with van der Waals surface area (Å²) < 4.78 is 19.4. The topological polar surface area (TPSA) is 275 Å². The number of imidazole rings is 2. The third-order valence-electron chi connectivity index (χ3n) is 10.9. The first-order valence-electron chi connectivity index (χ1n) is 21.6. The van der Waals surface area contributed by atoms with Gasteiger partial charge in [-0.2, -0.15) is 10.2 Å². The highest BCUT2D eigenvalue weighted by Gasteiger charge is 2.25. The van der Waals surface area contributed by atoms with Crippen molar-refractivity contribution < 1.29 is 38.9 Å². The van der Waals surface area contributed by atoms with E-state index < -0.39 is 17.7 Å². The average Bonchev–Trinajstić information content (AvgIpc) is 4.02. The van der Waals surface area contributed by atoms with Gasteiger partial charge in [-0.3, -0.25) is 33.9 Å². The number of rotatable bonds is 26. The van der Waals surface area contributed by atoms with Crippen molar-refractivity contribution >= 4 is 58.0 Å². The number of hydrogen-bond donors (Lipinski definition) is 6. The monoisotopic (exact) mass is 882 g/mol. The van der Waals surface area contributed by atoms with E-state index in [-0.39, 0.29) is 43.5 Å². The number of ether oxygens (including phenoxy) is 2. The smallest absolute Gasteiger partial charge is 0.276 e. The van der Waals surface area contributed by atoms with Gasteiger partial charge in [0.05, 0.1) is 35.6 Å². The second kappa shape index (κ2) is 21.5. The molecule has 0 spiro atoms. The van der Waals surface area contributed by atoms with E-state index in [0.29, 0.717) is 109 Å². The summed E-state index contributed by atoms with van der Waals surface area (Å²) in [6.45, 7) is 7.75. The molecule has 6 rings (SSSR count). The van der Waals surface area contributed by atoms with Crippen LogP contribution in [-0.4, -0.2) is 106 Å². The van der Waals surface area contributed by atoms with Crippen LogP contribution in [0.1, 0.15) is 111 Å². The molecule has 0 aliphatic rings. The molecule has 0 unspecified atom stereocenters. The van der Waals surface area contributed by atoms with Crippen molar-refractivity contribution in [2.24, 2.45) is 11.5 Å². The highest BCUT2D eigenvalue weighted by molar-refractivity contribution is 6.05. The fraction of sp³-hybridized carbons (Fsp3) is 0.455. The summed E-state index contributed by atoms with van der Waals surface area (Å²) in [7, 11) is 1.75. The van der Waals surface area contributed by atoms with E-state index in [9.17, 15) is 29.4 Å². The fourth-order valence-corrected chi connectivity index (χ4v) is 7.86. The van der Waals surface area contributed by atoms with Gasteiger partial charge in [-0.1, -0.05) is 6.42 Å². The van der Waals surface area contributed by atoms with Crippen LogP contribution in [0, 0.1) is 13.8 Å². The van der Waals surface area contributed by atoms with E-state index >= 15 is 0 Å². The van der Waals surface area contributed by atoms with Crippen LogP contribution >= 0.6 is 0 Å². The summed E-state index contributed by atoms with van der Waals surface area (Å²) in [6, 6.07) is 8.06. The first-order valence-corrected chi connectivity index (χ1v) is 21.6. The third kappa shape index (κ3) is 10.5. The Kier molecular flexibility index (Phi) is 15.7. The lowest BCUT2D eigenvalue weighted by atomic mass is 10.0. The lowest BCUT2D eigenvalue weighted by Crippen LogP contribution is -2.21. The zero-order valence-electron chi connectivity index (χ0n) is 36.9. The van der Waals surface area contributed by atoms with Crippen LogP contribution in [0.2, 0.25) is 0 Å². The molecule has 0 atom stereocenters. The molecular weight excluding hydrogens is 825 g/mol. The lowest BCUT2D eigenvalue weighted by Gasteiger charge is -2.15. The molecule has 20 heteroatoms. The van der Waals surface area contributed by atoms with Crippen molar-refractivity contribution in [2.75, 3.05) is 44.1 Å². The largest absolute Gasteiger partial charge is 0.491 e. The van der Waals surface area contributed by atoms with Gasteiger partial charge in [-0.05, 0) is 83.2 Å². The first-order chi connectivity index (χ1) is 30.9. The van der Waals surface area contributed by atoms with E-state index in [1.165, 1.54) is 0 Å². The molecule has 0 aliphatic heterocycles. The number of fused-ring (bicyclic) bond motifs is 2. The number of aryl methyl sites for hydroxylation is 6. The maximum atomic E-state index is 14.5. The van der Waals surface area contributed by atoms with Crippen LogP contribution in [0.5, 0.6) is 11.5 Å². The fourth-order valence-electron chi connectivity index (χ4n) is 7.86. The summed E-state index contributed by atoms with van der Waals surface area (Å²) in [4.78, 5) is 60.1. The molecule has 342 valence electrons. The Morgan fingerprint density at radius 2 is 1.30 bits per heavy atom. The Bertz CT molecular complexity index is 2620. The van der Waals surface area contributed by atoms with Crippen LogP contribution in [0.15, 0.2) is 30.3 Å². The van der Waals surface area contributed by atoms with Crippen LogP contribution in [0.4, 0.5) is 11.9 Å². The normalized spacial score (nSPS) is 11.4. The van der Waals surface area contributed by atoms with Gasteiger partial charge in [0.25, 0.3) is 5.91 Å². The van der Waals surface area contributed by atoms with Gasteiger partial charge in [0.2, 0.25) is 23.7 Å². The van der Waals surface area contributed by atoms with Crippen molar-refractivity contribution in [3.8, 4) is 11.5 Å². The molecule has 8 N–H and O–H groups in total. The van der Waals surface area contributed by atoms with Crippen LogP contribution in [0.25, 0.3) is 22.1 Å². The number of carbonyl (C=O) groups excluding carboxylic acids is 4. The number of primary amides is 2. The number of amides is 3. The minimum Gasteiger partial charge on any atom is -0.491 e. The van der Waals surface area contributed by atoms with Gasteiger partial charge in [0.15, 0.2) is 6.29 Å². The van der Waals surface area contributed by atoms with Crippen LogP contribution in [-0.2, 0) is 32.6 Å². The minimum absolute atomic E-state index is 0.0641. The number of nitrogens with two attached hydrogens (primary N) is 2. The standard InChI is InChI=1S/C44H58N12O8/c1-5-55-37(32(28(3)52-55)13-7-6-8-16-56-31(26-59)21-27(2)51-56)42(62)50-44-49-34-23-30(41(46)61)25-36(64-20-12-18-58)39(34)54(44)15-10-9-14-53-38-33(48-43(53)47-4)22-29(40(45)60)24-35(38)63-19-11-17-57/h21-26,57-58H,5-20H2,1-4H3,(H2,45,60)(H2,46,61)(H,47,48)(H,49,50,62). The van der Waals surface area contributed by atoms with Gasteiger partial charge in [0.1, 0.15) is 33.9 Å². The molecule has 4 heterocycles. The molecule has 0 bridgehead atoms. The number of anilines is 2. The predicted octanol–water partition coefficient (Wildman–Crippen LogP) is 4.14. The van der Waals surface area contributed by atoms with Crippen molar-refractivity contribution in [3.63, 3.8) is 0 Å². The number of benzene rings is 2. The zero-order chi connectivity index (χ0) is 45.9. The molecule has 0 saturated carbocycles. The number of nitrogens with zero attached hydrogens (tertiary/aromatic N) is 8. The molecule has 4 aromatic heterocycles. The van der Waals surface area contributed by atoms with E-state index in [0.717, 1.165) is 42.5 Å². The number of nitrogens with one attached hydrogen (secondary N) is 2. The molecule has 6 aromatic rings. The number of aromatic nitrogens is 8. The number of unbranched alkanes of at least 4 members (excludes halogenated alkanes) is 3. The zero-order valence-corrected chi connectivity index (χ0v) is 36.9. The molecule has 2 aromatic carbocycles. The molecular formula is C44H58N12O8. The van der Waals surface area contributed by atoms with Crippen LogP contribution in [0.3, 0.4) is 0 Å². The van der Waals surface area contributed by atoms with Gasteiger partial charge in [0, 0.05) is 76.0 Å². The highest BCUT2D eigenvalue weighted by Crippen LogP contribution is 2.34. The summed E-state index contributed by atoms with van der Waals surface area (Å²) in [5, 5.41) is 34.2. The first kappa shape index (κ1) is 46.7. The summed E-state index contributed by atoms with van der Waals surface area (Å²) in [5.41, 5.74) is 17.2. The molecule has 0 radical (unpaired) electrons. The molecule has 3 amide bonds. The Labute approximate surface area is 369 Å². The Morgan fingerprint density at radius 3 is 1.83 bits per heavy atom. The molecule has 64 heavy (non-hydrogen) atoms. The van der Waals surface area contributed by atoms with Crippen molar-refractivity contribution in [1.29, 1.82) is 0 Å². The molecule has 0 aliphatic carbocycles. The minimum atomic E-state index is -0.680. The van der Waals surface area contributed by atoms with Gasteiger partial charge in [-0.15, -0.1) is 0 Å². The van der Waals surface area contributed by atoms with Gasteiger partial charge < -0.3 is 45.6 Å². The number of hydrogen-bond acceptors (Lipinski definition) is 13. The van der Waals surface area contributed by atoms with Gasteiger partial charge >= 0.3 is 0 Å². The Balaban J connectivity index is 1.29. The molecule has 0 fully saturated rings. The number of aliphatic hydroxyl groups excluding tert-OH is 2. The number of aldehydes is 1. The van der Waals surface area contributed by atoms with E-state index in [1.807, 2.05) is 29.9 Å². The summed E-state index contributed by atoms with van der Waals surface area (Å²) >= 11 is 0. The predicted molar refractivity (Wildman–Crippen MR) is 240 cm³/mol. The lowest BCUT2D eigenvalue weighted by molar-refractivity contribution is 0.0991. The number of aliphatic hydroxyl groups is 2. The Morgan fingerprint density at radius 1 is 0.734 bits per heavy atom. The average molecular weight is 883 g/mol. The second-order valence-electron chi connectivity index (χ2n) is 15.4. The Hall–Kier alpha value is -6.80. The van der Waals surface area contributed by atoms with Crippen molar-refractivity contribution in [3.05, 3.63) is 69.8 Å². The second-order valence-corrected chi connectivity index (χ2v) is 15.4. The molecule has 0 saturated heterocycles. The van der Waals surface area contributed by atoms with E-state index in [2.05, 4.69) is 15.7 Å². The third-order valence-corrected chi connectivity index (χ3v) is 10.9.